The number of carbonyl (C=O) groups is 1. The maximum atomic E-state index is 13.3. The van der Waals surface area contributed by atoms with Crippen molar-refractivity contribution in [3.05, 3.63) is 77.3 Å². The highest BCUT2D eigenvalue weighted by molar-refractivity contribution is 5.94. The first-order valence-electron chi connectivity index (χ1n) is 8.64. The Labute approximate surface area is 163 Å². The van der Waals surface area contributed by atoms with Crippen molar-refractivity contribution in [1.82, 2.24) is 20.3 Å². The van der Waals surface area contributed by atoms with Crippen LogP contribution in [0.3, 0.4) is 0 Å². The third-order valence-corrected chi connectivity index (χ3v) is 3.97. The van der Waals surface area contributed by atoms with Crippen LogP contribution in [0.2, 0.25) is 0 Å². The largest absolute Gasteiger partial charge is 0.433 e. The number of rotatable bonds is 5. The van der Waals surface area contributed by atoms with Crippen LogP contribution >= 0.6 is 0 Å². The highest BCUT2D eigenvalue weighted by Crippen LogP contribution is 2.27. The molecule has 3 rings (SSSR count). The summed E-state index contributed by atoms with van der Waals surface area (Å²) < 4.78 is 51.7. The van der Waals surface area contributed by atoms with Gasteiger partial charge >= 0.3 is 6.18 Å². The predicted octanol–water partition coefficient (Wildman–Crippen LogP) is 3.98. The van der Waals surface area contributed by atoms with E-state index in [4.69, 9.17) is 0 Å². The number of amides is 1. The lowest BCUT2D eigenvalue weighted by molar-refractivity contribution is -0.141. The van der Waals surface area contributed by atoms with Crippen LogP contribution in [0.15, 0.2) is 48.7 Å². The number of benzene rings is 1. The second-order valence-electron chi connectivity index (χ2n) is 6.26. The lowest BCUT2D eigenvalue weighted by Gasteiger charge is -2.09. The van der Waals surface area contributed by atoms with Crippen molar-refractivity contribution in [2.45, 2.75) is 19.5 Å². The van der Waals surface area contributed by atoms with Crippen LogP contribution in [0, 0.1) is 12.7 Å². The van der Waals surface area contributed by atoms with Gasteiger partial charge in [0.25, 0.3) is 5.91 Å². The van der Waals surface area contributed by atoms with E-state index in [1.165, 1.54) is 31.3 Å². The molecule has 1 amide bonds. The fraction of sp³-hybridized carbons (Fsp3) is 0.200. The Hall–Kier alpha value is -3.36. The summed E-state index contributed by atoms with van der Waals surface area (Å²) in [5.74, 6) is -0.831. The summed E-state index contributed by atoms with van der Waals surface area (Å²) >= 11 is 0. The third-order valence-electron chi connectivity index (χ3n) is 3.97. The molecule has 0 radical (unpaired) electrons. The molecule has 2 heterocycles. The first-order valence-corrected chi connectivity index (χ1v) is 8.64. The summed E-state index contributed by atoms with van der Waals surface area (Å²) in [5.41, 5.74) is 0.545. The number of aryl methyl sites for hydroxylation is 1. The van der Waals surface area contributed by atoms with Gasteiger partial charge in [-0.3, -0.25) is 9.78 Å². The van der Waals surface area contributed by atoms with Crippen LogP contribution < -0.4 is 5.32 Å². The van der Waals surface area contributed by atoms with Gasteiger partial charge in [-0.15, -0.1) is 0 Å². The van der Waals surface area contributed by atoms with Crippen molar-refractivity contribution in [2.24, 2.45) is 0 Å². The number of aromatic nitrogens is 3. The van der Waals surface area contributed by atoms with Gasteiger partial charge in [-0.05, 0) is 37.3 Å². The van der Waals surface area contributed by atoms with E-state index < -0.39 is 23.6 Å². The lowest BCUT2D eigenvalue weighted by atomic mass is 10.1. The zero-order valence-corrected chi connectivity index (χ0v) is 15.3. The molecule has 9 heteroatoms. The molecule has 0 bridgehead atoms. The minimum absolute atomic E-state index is 0.00259. The van der Waals surface area contributed by atoms with Crippen molar-refractivity contribution in [3.8, 4) is 11.3 Å². The summed E-state index contributed by atoms with van der Waals surface area (Å²) in [6, 6.07) is 9.90. The molecule has 2 aromatic heterocycles. The molecule has 150 valence electrons. The average Bonchev–Trinajstić information content (AvgIpc) is 2.67. The first kappa shape index (κ1) is 20.4. The second kappa shape index (κ2) is 8.34. The molecule has 0 saturated carbocycles. The molecule has 0 unspecified atom stereocenters. The van der Waals surface area contributed by atoms with E-state index in [-0.39, 0.29) is 30.0 Å². The van der Waals surface area contributed by atoms with Crippen molar-refractivity contribution < 1.29 is 22.4 Å². The number of carbonyl (C=O) groups excluding carboxylic acids is 1. The molecule has 0 fully saturated rings. The molecular weight excluding hydrogens is 388 g/mol. The molecule has 0 aliphatic carbocycles. The number of alkyl halides is 3. The number of pyridine rings is 1. The Balaban J connectivity index is 1.61. The van der Waals surface area contributed by atoms with Crippen molar-refractivity contribution in [3.63, 3.8) is 0 Å². The molecular formula is C20H16F4N4O. The SMILES string of the molecule is Cc1cc(C(F)(F)F)nc(CCNC(=O)c2ccc(-c3cccc(F)c3)nc2)n1. The van der Waals surface area contributed by atoms with Crippen LogP contribution in [0.25, 0.3) is 11.3 Å². The molecule has 0 spiro atoms. The van der Waals surface area contributed by atoms with Crippen LogP contribution in [0.5, 0.6) is 0 Å². The van der Waals surface area contributed by atoms with E-state index >= 15 is 0 Å². The summed E-state index contributed by atoms with van der Waals surface area (Å²) in [5, 5.41) is 2.59. The first-order chi connectivity index (χ1) is 13.7. The Morgan fingerprint density at radius 2 is 1.90 bits per heavy atom. The van der Waals surface area contributed by atoms with E-state index in [0.717, 1.165) is 6.07 Å². The highest BCUT2D eigenvalue weighted by atomic mass is 19.4. The zero-order valence-electron chi connectivity index (χ0n) is 15.3. The van der Waals surface area contributed by atoms with E-state index in [0.29, 0.717) is 11.3 Å². The number of halogens is 4. The van der Waals surface area contributed by atoms with Gasteiger partial charge in [0.1, 0.15) is 17.3 Å². The van der Waals surface area contributed by atoms with E-state index in [2.05, 4.69) is 20.3 Å². The average molecular weight is 404 g/mol. The maximum Gasteiger partial charge on any atom is 0.433 e. The number of hydrogen-bond donors (Lipinski definition) is 1. The molecule has 0 aliphatic heterocycles. The van der Waals surface area contributed by atoms with Crippen LogP contribution in [-0.2, 0) is 12.6 Å². The van der Waals surface area contributed by atoms with Crippen molar-refractivity contribution >= 4 is 5.91 Å². The Morgan fingerprint density at radius 1 is 1.10 bits per heavy atom. The molecule has 0 atom stereocenters. The minimum Gasteiger partial charge on any atom is -0.352 e. The Kier molecular flexibility index (Phi) is 5.86. The van der Waals surface area contributed by atoms with Crippen molar-refractivity contribution in [1.29, 1.82) is 0 Å². The fourth-order valence-electron chi connectivity index (χ4n) is 2.62. The highest BCUT2D eigenvalue weighted by Gasteiger charge is 2.33. The molecule has 3 aromatic rings. The van der Waals surface area contributed by atoms with Gasteiger partial charge in [0.05, 0.1) is 11.3 Å². The number of hydrogen-bond acceptors (Lipinski definition) is 4. The zero-order chi connectivity index (χ0) is 21.0. The van der Waals surface area contributed by atoms with E-state index in [9.17, 15) is 22.4 Å². The lowest BCUT2D eigenvalue weighted by Crippen LogP contribution is -2.26. The van der Waals surface area contributed by atoms with Crippen LogP contribution in [0.4, 0.5) is 17.6 Å². The van der Waals surface area contributed by atoms with Crippen molar-refractivity contribution in [2.75, 3.05) is 6.54 Å². The summed E-state index contributed by atoms with van der Waals surface area (Å²) in [6.07, 6.45) is -3.16. The second-order valence-corrected chi connectivity index (χ2v) is 6.26. The van der Waals surface area contributed by atoms with Gasteiger partial charge < -0.3 is 5.32 Å². The fourth-order valence-corrected chi connectivity index (χ4v) is 2.62. The minimum atomic E-state index is -4.55. The monoisotopic (exact) mass is 404 g/mol. The molecule has 1 aromatic carbocycles. The Bertz CT molecular complexity index is 1020. The van der Waals surface area contributed by atoms with E-state index in [1.807, 2.05) is 0 Å². The van der Waals surface area contributed by atoms with E-state index in [1.54, 1.807) is 18.2 Å². The quantitative estimate of drug-likeness (QED) is 0.654. The molecule has 0 saturated heterocycles. The predicted molar refractivity (Wildman–Crippen MR) is 97.4 cm³/mol. The van der Waals surface area contributed by atoms with Gasteiger partial charge in [-0.1, -0.05) is 12.1 Å². The van der Waals surface area contributed by atoms with Gasteiger partial charge in [0, 0.05) is 30.4 Å². The standard InChI is InChI=1S/C20H16F4N4O/c1-12-9-17(20(22,23)24)28-18(27-12)7-8-25-19(29)14-5-6-16(26-11-14)13-3-2-4-15(21)10-13/h2-6,9-11H,7-8H2,1H3,(H,25,29). The normalized spacial score (nSPS) is 11.3. The molecule has 0 aliphatic rings. The van der Waals surface area contributed by atoms with Crippen LogP contribution in [0.1, 0.15) is 27.6 Å². The third kappa shape index (κ3) is 5.34. The van der Waals surface area contributed by atoms with Crippen LogP contribution in [-0.4, -0.2) is 27.4 Å². The summed E-state index contributed by atoms with van der Waals surface area (Å²) in [6.45, 7) is 1.51. The number of nitrogens with one attached hydrogen (secondary N) is 1. The maximum absolute atomic E-state index is 13.3. The Morgan fingerprint density at radius 3 is 2.55 bits per heavy atom. The smallest absolute Gasteiger partial charge is 0.352 e. The number of nitrogens with zero attached hydrogens (tertiary/aromatic N) is 3. The molecule has 5 nitrogen and oxygen atoms in total. The van der Waals surface area contributed by atoms with Gasteiger partial charge in [-0.25, -0.2) is 14.4 Å². The van der Waals surface area contributed by atoms with Gasteiger partial charge in [-0.2, -0.15) is 13.2 Å². The topological polar surface area (TPSA) is 67.8 Å². The summed E-state index contributed by atoms with van der Waals surface area (Å²) in [7, 11) is 0. The summed E-state index contributed by atoms with van der Waals surface area (Å²) in [4.78, 5) is 23.8. The molecule has 29 heavy (non-hydrogen) atoms. The molecule has 1 N–H and O–H groups in total. The van der Waals surface area contributed by atoms with Gasteiger partial charge in [0.2, 0.25) is 0 Å². The van der Waals surface area contributed by atoms with Gasteiger partial charge in [0.15, 0.2) is 0 Å².